The van der Waals surface area contributed by atoms with Crippen molar-refractivity contribution in [2.45, 2.75) is 51.8 Å². The number of hydrogen-bond acceptors (Lipinski definition) is 9. The van der Waals surface area contributed by atoms with Gasteiger partial charge in [-0.05, 0) is 51.8 Å². The largest absolute Gasteiger partial charge is 0.491 e. The quantitative estimate of drug-likeness (QED) is 0.217. The molecule has 0 fully saturated rings. The number of azo groups is 1. The maximum absolute atomic E-state index is 10.4. The lowest BCUT2D eigenvalue weighted by Crippen LogP contribution is -2.48. The molecule has 0 spiro atoms. The standard InChI is InChI=1S/C25H37N5O4/c1-6-14-32-15-13-20-9-7-8-10-22(20)33-17-21(31)16-26-25(4,5)18-34-24-12-11-23(29-30-24)28-27-19(2)3/h6-12,19,21,26,31H,1,13-18H2,2-5H3. The number of aliphatic hydroxyl groups excluding tert-OH is 1. The van der Waals surface area contributed by atoms with Crippen molar-refractivity contribution < 1.29 is 19.3 Å². The third kappa shape index (κ3) is 10.8. The summed E-state index contributed by atoms with van der Waals surface area (Å²) >= 11 is 0. The minimum Gasteiger partial charge on any atom is -0.491 e. The van der Waals surface area contributed by atoms with Gasteiger partial charge in [0, 0.05) is 18.2 Å². The summed E-state index contributed by atoms with van der Waals surface area (Å²) in [6, 6.07) is 11.3. The fourth-order valence-corrected chi connectivity index (χ4v) is 2.76. The van der Waals surface area contributed by atoms with E-state index in [1.165, 1.54) is 0 Å². The van der Waals surface area contributed by atoms with Crippen molar-refractivity contribution in [2.24, 2.45) is 10.2 Å². The van der Waals surface area contributed by atoms with Crippen LogP contribution in [-0.4, -0.2) is 66.0 Å². The number of aromatic nitrogens is 2. The zero-order valence-corrected chi connectivity index (χ0v) is 20.6. The Bertz CT molecular complexity index is 887. The molecular weight excluding hydrogens is 434 g/mol. The Hall–Kier alpha value is -2.88. The molecule has 2 N–H and O–H groups in total. The van der Waals surface area contributed by atoms with Crippen molar-refractivity contribution in [1.82, 2.24) is 15.5 Å². The van der Waals surface area contributed by atoms with Gasteiger partial charge in [-0.25, -0.2) is 0 Å². The highest BCUT2D eigenvalue weighted by molar-refractivity contribution is 5.33. The van der Waals surface area contributed by atoms with Gasteiger partial charge < -0.3 is 24.6 Å². The lowest BCUT2D eigenvalue weighted by atomic mass is 10.1. The highest BCUT2D eigenvalue weighted by atomic mass is 16.5. The molecule has 34 heavy (non-hydrogen) atoms. The first-order valence-corrected chi connectivity index (χ1v) is 11.5. The molecule has 1 atom stereocenters. The topological polar surface area (TPSA) is 110 Å². The van der Waals surface area contributed by atoms with Gasteiger partial charge in [-0.3, -0.25) is 0 Å². The number of aliphatic hydroxyl groups is 1. The molecular formula is C25H37N5O4. The smallest absolute Gasteiger partial charge is 0.233 e. The number of benzene rings is 1. The van der Waals surface area contributed by atoms with Crippen molar-refractivity contribution in [3.8, 4) is 11.6 Å². The average Bonchev–Trinajstić information content (AvgIpc) is 2.83. The van der Waals surface area contributed by atoms with E-state index in [0.29, 0.717) is 38.1 Å². The van der Waals surface area contributed by atoms with Crippen LogP contribution in [-0.2, 0) is 11.2 Å². The van der Waals surface area contributed by atoms with Crippen molar-refractivity contribution in [3.63, 3.8) is 0 Å². The van der Waals surface area contributed by atoms with E-state index in [1.54, 1.807) is 18.2 Å². The number of rotatable bonds is 16. The molecule has 9 heteroatoms. The van der Waals surface area contributed by atoms with Crippen LogP contribution >= 0.6 is 0 Å². The summed E-state index contributed by atoms with van der Waals surface area (Å²) in [6.07, 6.45) is 1.77. The average molecular weight is 472 g/mol. The number of β-amino-alcohol motifs (C(OH)–C–C–N with tert-alkyl or cyclic N) is 1. The molecule has 1 aromatic carbocycles. The van der Waals surface area contributed by atoms with Gasteiger partial charge >= 0.3 is 0 Å². The number of nitrogens with one attached hydrogen (secondary N) is 1. The van der Waals surface area contributed by atoms with E-state index < -0.39 is 11.6 Å². The molecule has 0 radical (unpaired) electrons. The number of hydrogen-bond donors (Lipinski definition) is 2. The summed E-state index contributed by atoms with van der Waals surface area (Å²) in [7, 11) is 0. The van der Waals surface area contributed by atoms with Crippen LogP contribution in [0.15, 0.2) is 59.3 Å². The molecule has 9 nitrogen and oxygen atoms in total. The van der Waals surface area contributed by atoms with E-state index in [-0.39, 0.29) is 12.6 Å². The van der Waals surface area contributed by atoms with Crippen LogP contribution in [0.5, 0.6) is 11.6 Å². The summed E-state index contributed by atoms with van der Waals surface area (Å²) in [5, 5.41) is 29.8. The molecule has 1 heterocycles. The molecule has 1 aromatic heterocycles. The van der Waals surface area contributed by atoms with E-state index in [9.17, 15) is 5.11 Å². The van der Waals surface area contributed by atoms with Gasteiger partial charge in [0.15, 0.2) is 5.82 Å². The maximum Gasteiger partial charge on any atom is 0.233 e. The van der Waals surface area contributed by atoms with Crippen molar-refractivity contribution in [3.05, 3.63) is 54.6 Å². The van der Waals surface area contributed by atoms with Crippen LogP contribution in [0.25, 0.3) is 0 Å². The van der Waals surface area contributed by atoms with Crippen LogP contribution in [0.2, 0.25) is 0 Å². The van der Waals surface area contributed by atoms with Gasteiger partial charge in [-0.15, -0.1) is 21.9 Å². The zero-order chi connectivity index (χ0) is 24.8. The predicted molar refractivity (Wildman–Crippen MR) is 132 cm³/mol. The third-order valence-electron chi connectivity index (χ3n) is 4.57. The molecule has 0 aliphatic carbocycles. The van der Waals surface area contributed by atoms with E-state index in [2.05, 4.69) is 32.3 Å². The molecule has 0 saturated heterocycles. The van der Waals surface area contributed by atoms with Crippen molar-refractivity contribution in [1.29, 1.82) is 0 Å². The summed E-state index contributed by atoms with van der Waals surface area (Å²) in [5.41, 5.74) is 0.636. The molecule has 0 amide bonds. The van der Waals surface area contributed by atoms with Gasteiger partial charge in [0.05, 0.1) is 19.3 Å². The Labute approximate surface area is 202 Å². The number of para-hydroxylation sites is 1. The van der Waals surface area contributed by atoms with E-state index in [4.69, 9.17) is 14.2 Å². The first kappa shape index (κ1) is 27.4. The highest BCUT2D eigenvalue weighted by Gasteiger charge is 2.20. The molecule has 186 valence electrons. The van der Waals surface area contributed by atoms with Crippen LogP contribution in [0.4, 0.5) is 5.82 Å². The minimum absolute atomic E-state index is 0.0992. The Kier molecular flexibility index (Phi) is 11.6. The monoisotopic (exact) mass is 471 g/mol. The highest BCUT2D eigenvalue weighted by Crippen LogP contribution is 2.19. The van der Waals surface area contributed by atoms with Gasteiger partial charge in [0.25, 0.3) is 0 Å². The molecule has 1 unspecified atom stereocenters. The van der Waals surface area contributed by atoms with Crippen LogP contribution < -0.4 is 14.8 Å². The van der Waals surface area contributed by atoms with Crippen molar-refractivity contribution in [2.75, 3.05) is 33.0 Å². The summed E-state index contributed by atoms with van der Waals surface area (Å²) in [6.45, 7) is 13.5. The third-order valence-corrected chi connectivity index (χ3v) is 4.57. The second-order valence-corrected chi connectivity index (χ2v) is 8.78. The second kappa shape index (κ2) is 14.4. The molecule has 0 bridgehead atoms. The fourth-order valence-electron chi connectivity index (χ4n) is 2.76. The van der Waals surface area contributed by atoms with Crippen LogP contribution in [0, 0.1) is 0 Å². The zero-order valence-electron chi connectivity index (χ0n) is 20.6. The van der Waals surface area contributed by atoms with Crippen LogP contribution in [0.3, 0.4) is 0 Å². The van der Waals surface area contributed by atoms with E-state index in [1.807, 2.05) is 52.0 Å². The van der Waals surface area contributed by atoms with Crippen molar-refractivity contribution >= 4 is 5.82 Å². The normalized spacial score (nSPS) is 12.8. The molecule has 2 aromatic rings. The number of nitrogens with zero attached hydrogens (tertiary/aromatic N) is 4. The van der Waals surface area contributed by atoms with Gasteiger partial charge in [-0.1, -0.05) is 24.3 Å². The first-order valence-electron chi connectivity index (χ1n) is 11.5. The predicted octanol–water partition coefficient (Wildman–Crippen LogP) is 3.90. The summed E-state index contributed by atoms with van der Waals surface area (Å²) < 4.78 is 17.1. The van der Waals surface area contributed by atoms with E-state index in [0.717, 1.165) is 17.7 Å². The Morgan fingerprint density at radius 2 is 1.94 bits per heavy atom. The van der Waals surface area contributed by atoms with Gasteiger partial charge in [0.1, 0.15) is 25.1 Å². The summed E-state index contributed by atoms with van der Waals surface area (Å²) in [4.78, 5) is 0. The lowest BCUT2D eigenvalue weighted by Gasteiger charge is -2.27. The molecule has 0 saturated carbocycles. The Balaban J connectivity index is 1.74. The van der Waals surface area contributed by atoms with Gasteiger partial charge in [0.2, 0.25) is 5.88 Å². The lowest BCUT2D eigenvalue weighted by molar-refractivity contribution is 0.0915. The number of ether oxygens (including phenoxy) is 3. The first-order chi connectivity index (χ1) is 16.3. The molecule has 0 aliphatic heterocycles. The molecule has 0 aliphatic rings. The maximum atomic E-state index is 10.4. The van der Waals surface area contributed by atoms with E-state index >= 15 is 0 Å². The molecule has 2 rings (SSSR count). The summed E-state index contributed by atoms with van der Waals surface area (Å²) in [5.74, 6) is 1.59. The Morgan fingerprint density at radius 1 is 1.15 bits per heavy atom. The SMILES string of the molecule is C=CCOCCc1ccccc1OCC(O)CNC(C)(C)COc1ccc(N=NC(C)C)nn1. The fraction of sp³-hybridized carbons (Fsp3) is 0.520. The van der Waals surface area contributed by atoms with Crippen LogP contribution in [0.1, 0.15) is 33.3 Å². The minimum atomic E-state index is -0.685. The van der Waals surface area contributed by atoms with Gasteiger partial charge in [-0.2, -0.15) is 5.11 Å². The Morgan fingerprint density at radius 3 is 2.65 bits per heavy atom. The second-order valence-electron chi connectivity index (χ2n) is 8.78.